The Morgan fingerprint density at radius 3 is 2.54 bits per heavy atom. The summed E-state index contributed by atoms with van der Waals surface area (Å²) in [4.78, 5) is 14.7. The second kappa shape index (κ2) is 10.7. The number of benzene rings is 1. The monoisotopic (exact) mass is 360 g/mol. The van der Waals surface area contributed by atoms with E-state index in [1.807, 2.05) is 0 Å². The number of nitrogens with zero attached hydrogens (tertiary/aromatic N) is 1. The molecule has 0 spiro atoms. The lowest BCUT2D eigenvalue weighted by Crippen LogP contribution is -2.31. The quantitative estimate of drug-likeness (QED) is 0.578. The van der Waals surface area contributed by atoms with E-state index in [2.05, 4.69) is 56.1 Å². The van der Waals surface area contributed by atoms with Gasteiger partial charge >= 0.3 is 0 Å². The third-order valence-corrected chi connectivity index (χ3v) is 5.57. The zero-order valence-corrected chi connectivity index (χ0v) is 17.0. The van der Waals surface area contributed by atoms with Crippen molar-refractivity contribution in [1.82, 2.24) is 10.2 Å². The number of hydrogen-bond acceptors (Lipinski definition) is 3. The molecule has 0 radical (unpaired) electrons. The Hall–Kier alpha value is -1.39. The van der Waals surface area contributed by atoms with Crippen LogP contribution in [0.2, 0.25) is 0 Å². The summed E-state index contributed by atoms with van der Waals surface area (Å²) in [5.41, 5.74) is 3.95. The molecule has 2 rings (SSSR count). The Labute approximate surface area is 159 Å². The van der Waals surface area contributed by atoms with Crippen LogP contribution in [0.3, 0.4) is 0 Å². The fourth-order valence-electron chi connectivity index (χ4n) is 3.42. The van der Waals surface area contributed by atoms with Crippen molar-refractivity contribution in [1.29, 1.82) is 0 Å². The van der Waals surface area contributed by atoms with E-state index in [0.717, 1.165) is 26.2 Å². The molecule has 4 nitrogen and oxygen atoms in total. The third kappa shape index (κ3) is 6.73. The molecule has 1 aliphatic rings. The molecule has 1 saturated carbocycles. The van der Waals surface area contributed by atoms with Crippen molar-refractivity contribution in [2.24, 2.45) is 5.92 Å². The molecule has 146 valence electrons. The van der Waals surface area contributed by atoms with Gasteiger partial charge in [-0.05, 0) is 68.3 Å². The van der Waals surface area contributed by atoms with Crippen molar-refractivity contribution >= 4 is 5.91 Å². The first-order chi connectivity index (χ1) is 12.5. The molecule has 0 bridgehead atoms. The lowest BCUT2D eigenvalue weighted by atomic mass is 9.89. The molecular weight excluding hydrogens is 324 g/mol. The molecule has 1 N–H and O–H groups in total. The van der Waals surface area contributed by atoms with Gasteiger partial charge in [-0.15, -0.1) is 0 Å². The summed E-state index contributed by atoms with van der Waals surface area (Å²) in [6, 6.07) is 6.65. The maximum atomic E-state index is 12.4. The second-order valence-electron chi connectivity index (χ2n) is 7.48. The fraction of sp³-hybridized carbons (Fsp3) is 0.682. The van der Waals surface area contributed by atoms with Crippen molar-refractivity contribution in [3.8, 4) is 0 Å². The minimum atomic E-state index is 0.146. The van der Waals surface area contributed by atoms with E-state index >= 15 is 0 Å². The first-order valence-electron chi connectivity index (χ1n) is 10.2. The van der Waals surface area contributed by atoms with Crippen molar-refractivity contribution in [2.45, 2.75) is 52.9 Å². The molecule has 26 heavy (non-hydrogen) atoms. The van der Waals surface area contributed by atoms with Gasteiger partial charge in [0.25, 0.3) is 0 Å². The third-order valence-electron chi connectivity index (χ3n) is 5.57. The number of rotatable bonds is 12. The van der Waals surface area contributed by atoms with Gasteiger partial charge in [-0.3, -0.25) is 4.79 Å². The molecule has 1 amide bonds. The molecule has 1 aromatic carbocycles. The molecule has 0 heterocycles. The highest BCUT2D eigenvalue weighted by atomic mass is 16.5. The Morgan fingerprint density at radius 2 is 1.92 bits per heavy atom. The largest absolute Gasteiger partial charge is 0.378 e. The predicted octanol–water partition coefficient (Wildman–Crippen LogP) is 3.66. The van der Waals surface area contributed by atoms with E-state index in [0.29, 0.717) is 31.4 Å². The Kier molecular flexibility index (Phi) is 8.60. The van der Waals surface area contributed by atoms with Crippen LogP contribution < -0.4 is 5.32 Å². The van der Waals surface area contributed by atoms with Crippen LogP contribution in [0.15, 0.2) is 18.2 Å². The van der Waals surface area contributed by atoms with Crippen molar-refractivity contribution in [3.05, 3.63) is 34.9 Å². The molecule has 1 unspecified atom stereocenters. The van der Waals surface area contributed by atoms with Crippen molar-refractivity contribution < 1.29 is 9.53 Å². The number of amides is 1. The summed E-state index contributed by atoms with van der Waals surface area (Å²) in [6.45, 7) is 13.6. The van der Waals surface area contributed by atoms with Gasteiger partial charge in [0.05, 0.1) is 13.2 Å². The van der Waals surface area contributed by atoms with Crippen LogP contribution in [0.1, 0.15) is 55.7 Å². The molecular formula is C22H36N2O2. The maximum Gasteiger partial charge on any atom is 0.220 e. The van der Waals surface area contributed by atoms with Gasteiger partial charge in [-0.2, -0.15) is 0 Å². The molecule has 1 aliphatic carbocycles. The Bertz CT molecular complexity index is 565. The highest BCUT2D eigenvalue weighted by molar-refractivity contribution is 5.77. The van der Waals surface area contributed by atoms with Crippen LogP contribution in [-0.4, -0.2) is 50.2 Å². The van der Waals surface area contributed by atoms with E-state index < -0.39 is 0 Å². The molecule has 0 aliphatic heterocycles. The number of likely N-dealkylation sites (N-methyl/N-ethyl adjacent to an activating group) is 1. The Balaban J connectivity index is 1.70. The van der Waals surface area contributed by atoms with Crippen LogP contribution in [0.25, 0.3) is 0 Å². The Morgan fingerprint density at radius 1 is 1.19 bits per heavy atom. The average Bonchev–Trinajstić information content (AvgIpc) is 3.46. The summed E-state index contributed by atoms with van der Waals surface area (Å²) in [5.74, 6) is 1.18. The highest BCUT2D eigenvalue weighted by Crippen LogP contribution is 2.44. The number of carbonyl (C=O) groups is 1. The van der Waals surface area contributed by atoms with Gasteiger partial charge in [0.2, 0.25) is 5.91 Å². The lowest BCUT2D eigenvalue weighted by molar-refractivity contribution is -0.121. The van der Waals surface area contributed by atoms with Gasteiger partial charge in [0.15, 0.2) is 0 Å². The molecule has 1 fully saturated rings. The number of hydrogen-bond donors (Lipinski definition) is 1. The fourth-order valence-corrected chi connectivity index (χ4v) is 3.42. The zero-order chi connectivity index (χ0) is 18.9. The van der Waals surface area contributed by atoms with Crippen molar-refractivity contribution in [2.75, 3.05) is 39.4 Å². The summed E-state index contributed by atoms with van der Waals surface area (Å²) < 4.78 is 5.64. The number of aryl methyl sites for hydroxylation is 2. The summed E-state index contributed by atoms with van der Waals surface area (Å²) >= 11 is 0. The van der Waals surface area contributed by atoms with Gasteiger partial charge in [0, 0.05) is 19.5 Å². The van der Waals surface area contributed by atoms with E-state index in [1.54, 1.807) is 0 Å². The van der Waals surface area contributed by atoms with E-state index in [-0.39, 0.29) is 5.91 Å². The van der Waals surface area contributed by atoms with E-state index in [4.69, 9.17) is 4.74 Å². The number of nitrogens with one attached hydrogen (secondary N) is 1. The van der Waals surface area contributed by atoms with Gasteiger partial charge in [-0.25, -0.2) is 0 Å². The van der Waals surface area contributed by atoms with Crippen LogP contribution in [0.5, 0.6) is 0 Å². The smallest absolute Gasteiger partial charge is 0.220 e. The average molecular weight is 361 g/mol. The topological polar surface area (TPSA) is 41.6 Å². The van der Waals surface area contributed by atoms with Crippen molar-refractivity contribution in [3.63, 3.8) is 0 Å². The highest BCUT2D eigenvalue weighted by Gasteiger charge is 2.33. The predicted molar refractivity (Wildman–Crippen MR) is 108 cm³/mol. The summed E-state index contributed by atoms with van der Waals surface area (Å²) in [5, 5.41) is 3.03. The second-order valence-corrected chi connectivity index (χ2v) is 7.48. The van der Waals surface area contributed by atoms with Gasteiger partial charge < -0.3 is 15.0 Å². The van der Waals surface area contributed by atoms with Gasteiger partial charge in [-0.1, -0.05) is 32.0 Å². The molecule has 0 aromatic heterocycles. The number of ether oxygens (including phenoxy) is 1. The maximum absolute atomic E-state index is 12.4. The van der Waals surface area contributed by atoms with Gasteiger partial charge in [0.1, 0.15) is 0 Å². The summed E-state index contributed by atoms with van der Waals surface area (Å²) in [6.07, 6.45) is 3.09. The van der Waals surface area contributed by atoms with Crippen LogP contribution in [0.4, 0.5) is 0 Å². The SMILES string of the molecule is CCN(CC)CCOCCNC(=O)CC(c1ccc(C)c(C)c1)C1CC1. The normalized spacial score (nSPS) is 15.3. The van der Waals surface area contributed by atoms with Crippen LogP contribution in [-0.2, 0) is 9.53 Å². The minimum absolute atomic E-state index is 0.146. The number of carbonyl (C=O) groups excluding carboxylic acids is 1. The zero-order valence-electron chi connectivity index (χ0n) is 17.0. The summed E-state index contributed by atoms with van der Waals surface area (Å²) in [7, 11) is 0. The molecule has 1 atom stereocenters. The molecule has 4 heteroatoms. The molecule has 0 saturated heterocycles. The minimum Gasteiger partial charge on any atom is -0.378 e. The van der Waals surface area contributed by atoms with Crippen LogP contribution >= 0.6 is 0 Å². The molecule has 1 aromatic rings. The first kappa shape index (κ1) is 20.9. The first-order valence-corrected chi connectivity index (χ1v) is 10.2. The van der Waals surface area contributed by atoms with Crippen LogP contribution in [0, 0.1) is 19.8 Å². The standard InChI is InChI=1S/C22H36N2O2/c1-5-24(6-2)12-14-26-13-11-23-22(25)16-21(19-9-10-19)20-8-7-17(3)18(4)15-20/h7-8,15,19,21H,5-6,9-14,16H2,1-4H3,(H,23,25). The van der Waals surface area contributed by atoms with E-state index in [1.165, 1.54) is 29.5 Å². The van der Waals surface area contributed by atoms with E-state index in [9.17, 15) is 4.79 Å². The lowest BCUT2D eigenvalue weighted by Gasteiger charge is -2.19.